The van der Waals surface area contributed by atoms with Crippen LogP contribution in [0.25, 0.3) is 21.8 Å². The lowest BCUT2D eigenvalue weighted by atomic mass is 10.1. The lowest BCUT2D eigenvalue weighted by Gasteiger charge is -2.10. The zero-order valence-electron chi connectivity index (χ0n) is 11.8. The molecule has 4 aromatic rings. The number of rotatable bonds is 2. The average Bonchev–Trinajstić information content (AvgIpc) is 2.99. The molecule has 0 aliphatic carbocycles. The van der Waals surface area contributed by atoms with Gasteiger partial charge in [0.1, 0.15) is 6.33 Å². The van der Waals surface area contributed by atoms with Gasteiger partial charge in [-0.25, -0.2) is 17.4 Å². The van der Waals surface area contributed by atoms with Crippen LogP contribution in [0.3, 0.4) is 0 Å². The van der Waals surface area contributed by atoms with Crippen molar-refractivity contribution in [1.82, 2.24) is 8.96 Å². The molecule has 4 rings (SSSR count). The molecule has 4 nitrogen and oxygen atoms in total. The Balaban J connectivity index is 2.07. The van der Waals surface area contributed by atoms with E-state index >= 15 is 0 Å². The van der Waals surface area contributed by atoms with E-state index in [1.54, 1.807) is 42.5 Å². The summed E-state index contributed by atoms with van der Waals surface area (Å²) in [5, 5.41) is 1.71. The van der Waals surface area contributed by atoms with Gasteiger partial charge in [0.2, 0.25) is 0 Å². The molecule has 1 aromatic heterocycles. The second-order valence-corrected chi connectivity index (χ2v) is 7.32. The predicted octanol–water partition coefficient (Wildman–Crippen LogP) is 4.08. The average molecular weight is 343 g/mol. The lowest BCUT2D eigenvalue weighted by Crippen LogP contribution is -2.12. The molecule has 0 N–H and O–H groups in total. The summed E-state index contributed by atoms with van der Waals surface area (Å²) in [5.41, 5.74) is 1.17. The monoisotopic (exact) mass is 342 g/mol. The molecule has 0 aliphatic rings. The molecule has 0 radical (unpaired) electrons. The smallest absolute Gasteiger partial charge is 0.236 e. The van der Waals surface area contributed by atoms with Gasteiger partial charge >= 0.3 is 0 Å². The third-order valence-electron chi connectivity index (χ3n) is 3.77. The van der Waals surface area contributed by atoms with Crippen LogP contribution in [0.5, 0.6) is 0 Å². The minimum Gasteiger partial charge on any atom is -0.236 e. The molecule has 0 bridgehead atoms. The van der Waals surface area contributed by atoms with Crippen molar-refractivity contribution in [3.8, 4) is 0 Å². The summed E-state index contributed by atoms with van der Waals surface area (Å²) in [7, 11) is -3.80. The molecule has 0 amide bonds. The number of nitrogens with zero attached hydrogens (tertiary/aromatic N) is 2. The maximum atomic E-state index is 13.1. The number of hydrogen-bond donors (Lipinski definition) is 0. The van der Waals surface area contributed by atoms with Gasteiger partial charge < -0.3 is 0 Å². The molecule has 0 unspecified atom stereocenters. The Bertz CT molecular complexity index is 1140. The van der Waals surface area contributed by atoms with Gasteiger partial charge in [-0.2, -0.15) is 0 Å². The Morgan fingerprint density at radius 3 is 2.48 bits per heavy atom. The number of halogens is 1. The SMILES string of the molecule is O=S(=O)(c1cccc2cccc(Cl)c12)n1cnc2ccccc21. The number of para-hydroxylation sites is 2. The minimum atomic E-state index is -3.80. The van der Waals surface area contributed by atoms with Gasteiger partial charge in [0.25, 0.3) is 10.0 Å². The van der Waals surface area contributed by atoms with Crippen LogP contribution in [0, 0.1) is 0 Å². The first-order chi connectivity index (χ1) is 11.1. The highest BCUT2D eigenvalue weighted by molar-refractivity contribution is 7.90. The van der Waals surface area contributed by atoms with Gasteiger partial charge in [-0.1, -0.05) is 48.0 Å². The molecule has 0 fully saturated rings. The van der Waals surface area contributed by atoms with E-state index in [2.05, 4.69) is 4.98 Å². The molecule has 114 valence electrons. The highest BCUT2D eigenvalue weighted by Gasteiger charge is 2.22. The van der Waals surface area contributed by atoms with E-state index in [-0.39, 0.29) is 4.90 Å². The zero-order chi connectivity index (χ0) is 16.0. The maximum Gasteiger partial charge on any atom is 0.270 e. The Labute approximate surface area is 138 Å². The summed E-state index contributed by atoms with van der Waals surface area (Å²) in [5.74, 6) is 0. The van der Waals surface area contributed by atoms with Crippen LogP contribution in [0.2, 0.25) is 5.02 Å². The maximum absolute atomic E-state index is 13.1. The van der Waals surface area contributed by atoms with E-state index in [9.17, 15) is 8.42 Å². The number of aromatic nitrogens is 2. The van der Waals surface area contributed by atoms with E-state index in [1.165, 1.54) is 10.3 Å². The first kappa shape index (κ1) is 14.2. The Hall–Kier alpha value is -2.37. The van der Waals surface area contributed by atoms with Crippen LogP contribution >= 0.6 is 11.6 Å². The third kappa shape index (κ3) is 2.12. The second-order valence-electron chi connectivity index (χ2n) is 5.13. The summed E-state index contributed by atoms with van der Waals surface area (Å²) < 4.78 is 27.5. The second kappa shape index (κ2) is 5.08. The van der Waals surface area contributed by atoms with Crippen LogP contribution in [0.4, 0.5) is 0 Å². The van der Waals surface area contributed by atoms with Gasteiger partial charge in [0, 0.05) is 10.4 Å². The molecule has 23 heavy (non-hydrogen) atoms. The summed E-state index contributed by atoms with van der Waals surface area (Å²) in [6.07, 6.45) is 1.33. The molecule has 0 aliphatic heterocycles. The molecular formula is C17H11ClN2O2S. The van der Waals surface area contributed by atoms with Crippen LogP contribution in [0.1, 0.15) is 0 Å². The number of fused-ring (bicyclic) bond motifs is 2. The molecule has 0 saturated heterocycles. The van der Waals surface area contributed by atoms with Crippen molar-refractivity contribution in [3.63, 3.8) is 0 Å². The van der Waals surface area contributed by atoms with E-state index in [1.807, 2.05) is 18.2 Å². The van der Waals surface area contributed by atoms with Crippen molar-refractivity contribution in [2.75, 3.05) is 0 Å². The minimum absolute atomic E-state index is 0.170. The van der Waals surface area contributed by atoms with Crippen molar-refractivity contribution in [3.05, 3.63) is 72.0 Å². The fraction of sp³-hybridized carbons (Fsp3) is 0. The van der Waals surface area contributed by atoms with Crippen molar-refractivity contribution in [1.29, 1.82) is 0 Å². The highest BCUT2D eigenvalue weighted by atomic mass is 35.5. The molecule has 3 aromatic carbocycles. The third-order valence-corrected chi connectivity index (χ3v) is 5.79. The van der Waals surface area contributed by atoms with Crippen LogP contribution < -0.4 is 0 Å². The van der Waals surface area contributed by atoms with E-state index < -0.39 is 10.0 Å². The van der Waals surface area contributed by atoms with E-state index in [0.717, 1.165) is 5.39 Å². The number of imidazole rings is 1. The molecular weight excluding hydrogens is 332 g/mol. The summed E-state index contributed by atoms with van der Waals surface area (Å²) in [4.78, 5) is 4.33. The fourth-order valence-corrected chi connectivity index (χ4v) is 4.58. The number of benzene rings is 3. The van der Waals surface area contributed by atoms with Crippen LogP contribution in [0.15, 0.2) is 71.9 Å². The van der Waals surface area contributed by atoms with Gasteiger partial charge in [-0.05, 0) is 29.7 Å². The van der Waals surface area contributed by atoms with Crippen LogP contribution in [-0.2, 0) is 10.0 Å². The highest BCUT2D eigenvalue weighted by Crippen LogP contribution is 2.31. The van der Waals surface area contributed by atoms with Crippen molar-refractivity contribution >= 4 is 43.4 Å². The summed E-state index contributed by atoms with van der Waals surface area (Å²) in [6, 6.07) is 17.6. The predicted molar refractivity (Wildman–Crippen MR) is 91.3 cm³/mol. The van der Waals surface area contributed by atoms with Gasteiger partial charge in [-0.3, -0.25) is 0 Å². The Kier molecular flexibility index (Phi) is 3.14. The number of hydrogen-bond acceptors (Lipinski definition) is 3. The van der Waals surface area contributed by atoms with Gasteiger partial charge in [0.05, 0.1) is 15.9 Å². The molecule has 1 heterocycles. The van der Waals surface area contributed by atoms with E-state index in [0.29, 0.717) is 21.4 Å². The Morgan fingerprint density at radius 2 is 1.65 bits per heavy atom. The molecule has 0 atom stereocenters. The first-order valence-electron chi connectivity index (χ1n) is 6.94. The van der Waals surface area contributed by atoms with Gasteiger partial charge in [0.15, 0.2) is 0 Å². The summed E-state index contributed by atoms with van der Waals surface area (Å²) >= 11 is 6.26. The van der Waals surface area contributed by atoms with Crippen LogP contribution in [-0.4, -0.2) is 17.4 Å². The fourth-order valence-electron chi connectivity index (χ4n) is 2.71. The Morgan fingerprint density at radius 1 is 0.913 bits per heavy atom. The summed E-state index contributed by atoms with van der Waals surface area (Å²) in [6.45, 7) is 0. The van der Waals surface area contributed by atoms with E-state index in [4.69, 9.17) is 11.6 Å². The van der Waals surface area contributed by atoms with Crippen molar-refractivity contribution in [2.24, 2.45) is 0 Å². The quantitative estimate of drug-likeness (QED) is 0.551. The zero-order valence-corrected chi connectivity index (χ0v) is 13.4. The first-order valence-corrected chi connectivity index (χ1v) is 8.76. The molecule has 0 saturated carbocycles. The van der Waals surface area contributed by atoms with Crippen molar-refractivity contribution < 1.29 is 8.42 Å². The normalized spacial score (nSPS) is 12.0. The van der Waals surface area contributed by atoms with Crippen molar-refractivity contribution in [2.45, 2.75) is 4.90 Å². The lowest BCUT2D eigenvalue weighted by molar-refractivity contribution is 0.589. The van der Waals surface area contributed by atoms with Gasteiger partial charge in [-0.15, -0.1) is 0 Å². The topological polar surface area (TPSA) is 52.0 Å². The largest absolute Gasteiger partial charge is 0.270 e. The molecule has 6 heteroatoms. The standard InChI is InChI=1S/C17H11ClN2O2S/c18-13-7-3-5-12-6-4-10-16(17(12)13)23(21,22)20-11-19-14-8-1-2-9-15(14)20/h1-11H. The molecule has 0 spiro atoms.